The maximum Gasteiger partial charge on any atom is 0.221 e. The van der Waals surface area contributed by atoms with Gasteiger partial charge >= 0.3 is 0 Å². The molecule has 0 radical (unpaired) electrons. The number of nitrogens with zero attached hydrogens (tertiary/aromatic N) is 1. The van der Waals surface area contributed by atoms with E-state index in [1.165, 1.54) is 11.1 Å². The highest BCUT2D eigenvalue weighted by Crippen LogP contribution is 2.22. The fourth-order valence-corrected chi connectivity index (χ4v) is 3.48. The van der Waals surface area contributed by atoms with Crippen LogP contribution in [0.3, 0.4) is 0 Å². The van der Waals surface area contributed by atoms with E-state index in [4.69, 9.17) is 9.47 Å². The molecular formula is C19H31Cl2N3O3. The number of aryl methyl sites for hydroxylation is 1. The van der Waals surface area contributed by atoms with E-state index in [1.54, 1.807) is 0 Å². The zero-order chi connectivity index (χ0) is 17.5. The second-order valence-corrected chi connectivity index (χ2v) is 6.81. The van der Waals surface area contributed by atoms with Crippen LogP contribution in [0.5, 0.6) is 0 Å². The summed E-state index contributed by atoms with van der Waals surface area (Å²) in [7, 11) is 0. The number of morpholine rings is 2. The Morgan fingerprint density at radius 2 is 2.04 bits per heavy atom. The second-order valence-electron chi connectivity index (χ2n) is 6.81. The zero-order valence-electron chi connectivity index (χ0n) is 15.8. The Hall–Kier alpha value is -0.890. The maximum atomic E-state index is 12.3. The summed E-state index contributed by atoms with van der Waals surface area (Å²) in [6.45, 7) is 8.17. The number of rotatable bonds is 6. The van der Waals surface area contributed by atoms with E-state index in [2.05, 4.69) is 46.7 Å². The lowest BCUT2D eigenvalue weighted by atomic mass is 10.0. The zero-order valence-corrected chi connectivity index (χ0v) is 17.4. The third kappa shape index (κ3) is 7.56. The molecule has 2 aliphatic rings. The van der Waals surface area contributed by atoms with Crippen molar-refractivity contribution in [1.29, 1.82) is 0 Å². The number of halogens is 2. The number of benzene rings is 1. The lowest BCUT2D eigenvalue weighted by molar-refractivity contribution is -0.122. The van der Waals surface area contributed by atoms with Crippen molar-refractivity contribution in [2.75, 3.05) is 52.6 Å². The van der Waals surface area contributed by atoms with E-state index in [0.29, 0.717) is 19.6 Å². The van der Waals surface area contributed by atoms with Crippen LogP contribution < -0.4 is 10.6 Å². The number of amides is 1. The van der Waals surface area contributed by atoms with Crippen LogP contribution in [0.1, 0.15) is 23.6 Å². The van der Waals surface area contributed by atoms with Crippen molar-refractivity contribution in [2.45, 2.75) is 25.4 Å². The van der Waals surface area contributed by atoms with Crippen LogP contribution in [0.25, 0.3) is 0 Å². The smallest absolute Gasteiger partial charge is 0.221 e. The number of hydrogen-bond donors (Lipinski definition) is 2. The first kappa shape index (κ1) is 24.1. The summed E-state index contributed by atoms with van der Waals surface area (Å²) in [4.78, 5) is 14.8. The molecule has 2 N–H and O–H groups in total. The van der Waals surface area contributed by atoms with Crippen molar-refractivity contribution in [1.82, 2.24) is 15.5 Å². The Bertz CT molecular complexity index is 565. The average Bonchev–Trinajstić information content (AvgIpc) is 2.64. The van der Waals surface area contributed by atoms with Crippen LogP contribution in [0.4, 0.5) is 0 Å². The van der Waals surface area contributed by atoms with Gasteiger partial charge in [0.25, 0.3) is 0 Å². The van der Waals surface area contributed by atoms with Gasteiger partial charge in [0, 0.05) is 38.6 Å². The standard InChI is InChI=1S/C19H29N3O3.2ClH/c1-15-3-2-4-16(11-15)18(22-6-9-24-10-7-22)13-21-19(23)12-17-14-25-8-5-20-17;;/h2-4,11,17-18,20H,5-10,12-14H2,1H3,(H,21,23);2*1H. The van der Waals surface area contributed by atoms with Crippen LogP contribution in [0.2, 0.25) is 0 Å². The lowest BCUT2D eigenvalue weighted by Crippen LogP contribution is -2.46. The minimum Gasteiger partial charge on any atom is -0.379 e. The fourth-order valence-electron chi connectivity index (χ4n) is 3.48. The highest BCUT2D eigenvalue weighted by molar-refractivity contribution is 5.85. The number of carbonyl (C=O) groups is 1. The SMILES string of the molecule is Cc1cccc(C(CNC(=O)CC2COCCN2)N2CCOCC2)c1.Cl.Cl. The minimum atomic E-state index is 0. The Morgan fingerprint density at radius 1 is 1.26 bits per heavy atom. The number of ether oxygens (including phenoxy) is 2. The predicted molar refractivity (Wildman–Crippen MR) is 111 cm³/mol. The quantitative estimate of drug-likeness (QED) is 0.734. The molecule has 2 fully saturated rings. The van der Waals surface area contributed by atoms with Gasteiger partial charge in [0.2, 0.25) is 5.91 Å². The molecule has 1 aromatic carbocycles. The highest BCUT2D eigenvalue weighted by Gasteiger charge is 2.24. The lowest BCUT2D eigenvalue weighted by Gasteiger charge is -2.35. The fraction of sp³-hybridized carbons (Fsp3) is 0.632. The van der Waals surface area contributed by atoms with Crippen molar-refractivity contribution < 1.29 is 14.3 Å². The summed E-state index contributed by atoms with van der Waals surface area (Å²) in [5.41, 5.74) is 2.49. The van der Waals surface area contributed by atoms with Gasteiger partial charge in [-0.3, -0.25) is 9.69 Å². The molecule has 2 heterocycles. The van der Waals surface area contributed by atoms with Crippen molar-refractivity contribution in [2.24, 2.45) is 0 Å². The van der Waals surface area contributed by atoms with Gasteiger partial charge in [-0.25, -0.2) is 0 Å². The highest BCUT2D eigenvalue weighted by atomic mass is 35.5. The molecular weight excluding hydrogens is 389 g/mol. The van der Waals surface area contributed by atoms with Crippen LogP contribution in [-0.2, 0) is 14.3 Å². The van der Waals surface area contributed by atoms with Crippen molar-refractivity contribution in [3.63, 3.8) is 0 Å². The largest absolute Gasteiger partial charge is 0.379 e. The molecule has 154 valence electrons. The van der Waals surface area contributed by atoms with E-state index >= 15 is 0 Å². The summed E-state index contributed by atoms with van der Waals surface area (Å²) >= 11 is 0. The minimum absolute atomic E-state index is 0. The molecule has 0 bridgehead atoms. The third-order valence-corrected chi connectivity index (χ3v) is 4.84. The monoisotopic (exact) mass is 419 g/mol. The molecule has 3 rings (SSSR count). The third-order valence-electron chi connectivity index (χ3n) is 4.84. The van der Waals surface area contributed by atoms with E-state index < -0.39 is 0 Å². The Balaban J connectivity index is 0.00000182. The van der Waals surface area contributed by atoms with E-state index in [9.17, 15) is 4.79 Å². The van der Waals surface area contributed by atoms with Gasteiger partial charge in [0.15, 0.2) is 0 Å². The van der Waals surface area contributed by atoms with Crippen molar-refractivity contribution in [3.8, 4) is 0 Å². The summed E-state index contributed by atoms with van der Waals surface area (Å²) in [6, 6.07) is 8.85. The van der Waals surface area contributed by atoms with E-state index in [0.717, 1.165) is 39.5 Å². The number of nitrogens with one attached hydrogen (secondary N) is 2. The summed E-state index contributed by atoms with van der Waals surface area (Å²) < 4.78 is 10.9. The maximum absolute atomic E-state index is 12.3. The number of hydrogen-bond acceptors (Lipinski definition) is 5. The first-order chi connectivity index (χ1) is 12.2. The van der Waals surface area contributed by atoms with Crippen LogP contribution >= 0.6 is 24.8 Å². The summed E-state index contributed by atoms with van der Waals surface area (Å²) in [5.74, 6) is 0.0777. The van der Waals surface area contributed by atoms with Crippen molar-refractivity contribution >= 4 is 30.7 Å². The van der Waals surface area contributed by atoms with Gasteiger partial charge < -0.3 is 20.1 Å². The van der Waals surface area contributed by atoms with E-state index in [1.807, 2.05) is 0 Å². The first-order valence-corrected chi connectivity index (χ1v) is 9.18. The topological polar surface area (TPSA) is 62.8 Å². The van der Waals surface area contributed by atoms with Gasteiger partial charge in [-0.05, 0) is 12.5 Å². The molecule has 1 amide bonds. The second kappa shape index (κ2) is 12.5. The van der Waals surface area contributed by atoms with Gasteiger partial charge in [0.05, 0.1) is 32.5 Å². The summed E-state index contributed by atoms with van der Waals surface area (Å²) in [6.07, 6.45) is 0.462. The molecule has 2 atom stereocenters. The Kier molecular flexibility index (Phi) is 11.2. The molecule has 2 unspecified atom stereocenters. The molecule has 0 saturated carbocycles. The normalized spacial score (nSPS) is 21.4. The first-order valence-electron chi connectivity index (χ1n) is 9.18. The number of carbonyl (C=O) groups excluding carboxylic acids is 1. The molecule has 0 spiro atoms. The molecule has 0 aliphatic carbocycles. The molecule has 27 heavy (non-hydrogen) atoms. The summed E-state index contributed by atoms with van der Waals surface area (Å²) in [5, 5.41) is 6.46. The van der Waals surface area contributed by atoms with Crippen LogP contribution in [0.15, 0.2) is 24.3 Å². The van der Waals surface area contributed by atoms with Crippen LogP contribution in [-0.4, -0.2) is 69.5 Å². The molecule has 6 nitrogen and oxygen atoms in total. The van der Waals surface area contributed by atoms with Gasteiger partial charge in [-0.2, -0.15) is 0 Å². The Morgan fingerprint density at radius 3 is 2.70 bits per heavy atom. The molecule has 1 aromatic rings. The van der Waals surface area contributed by atoms with Gasteiger partial charge in [-0.1, -0.05) is 29.8 Å². The van der Waals surface area contributed by atoms with E-state index in [-0.39, 0.29) is 42.8 Å². The van der Waals surface area contributed by atoms with Crippen LogP contribution in [0, 0.1) is 6.92 Å². The Labute approximate surface area is 174 Å². The molecule has 2 aliphatic heterocycles. The van der Waals surface area contributed by atoms with Crippen molar-refractivity contribution in [3.05, 3.63) is 35.4 Å². The molecule has 8 heteroatoms. The molecule has 0 aromatic heterocycles. The predicted octanol–water partition coefficient (Wildman–Crippen LogP) is 1.71. The molecule has 2 saturated heterocycles. The van der Waals surface area contributed by atoms with Gasteiger partial charge in [0.1, 0.15) is 0 Å². The van der Waals surface area contributed by atoms with Gasteiger partial charge in [-0.15, -0.1) is 24.8 Å². The average molecular weight is 420 g/mol.